The van der Waals surface area contributed by atoms with Crippen LogP contribution in [0.4, 0.5) is 5.69 Å². The van der Waals surface area contributed by atoms with Gasteiger partial charge in [0, 0.05) is 24.2 Å². The first-order chi connectivity index (χ1) is 11.8. The smallest absolute Gasteiger partial charge is 0.270 e. The second-order valence-corrected chi connectivity index (χ2v) is 7.49. The number of halogens is 3. The quantitative estimate of drug-likeness (QED) is 0.333. The lowest BCUT2D eigenvalue weighted by molar-refractivity contribution is -0.384. The number of carbonyl (C=O) groups excluding carboxylic acids is 1. The molecule has 0 aromatic heterocycles. The van der Waals surface area contributed by atoms with E-state index in [1.165, 1.54) is 18.2 Å². The summed E-state index contributed by atoms with van der Waals surface area (Å²) in [7, 11) is 0. The van der Waals surface area contributed by atoms with Crippen molar-refractivity contribution in [2.75, 3.05) is 0 Å². The molecule has 9 heteroatoms. The highest BCUT2D eigenvalue weighted by atomic mass is 35.6. The first-order valence-corrected chi connectivity index (χ1v) is 8.30. The molecule has 2 aromatic carbocycles. The molecule has 1 atom stereocenters. The monoisotopic (exact) mass is 401 g/mol. The molecule has 0 saturated carbocycles. The van der Waals surface area contributed by atoms with E-state index >= 15 is 0 Å². The third kappa shape index (κ3) is 5.86. The van der Waals surface area contributed by atoms with Gasteiger partial charge in [-0.05, 0) is 11.6 Å². The van der Waals surface area contributed by atoms with Crippen molar-refractivity contribution < 1.29 is 9.72 Å². The maximum Gasteiger partial charge on any atom is 0.270 e. The zero-order valence-corrected chi connectivity index (χ0v) is 15.1. The second-order valence-electron chi connectivity index (χ2n) is 5.12. The number of hydrogen-bond acceptors (Lipinski definition) is 4. The number of rotatable bonds is 6. The first-order valence-electron chi connectivity index (χ1n) is 7.17. The van der Waals surface area contributed by atoms with E-state index in [0.29, 0.717) is 6.54 Å². The van der Waals surface area contributed by atoms with Crippen molar-refractivity contribution in [3.63, 3.8) is 0 Å². The molecule has 0 fully saturated rings. The lowest BCUT2D eigenvalue weighted by Gasteiger charge is -2.26. The molecule has 2 N–H and O–H groups in total. The van der Waals surface area contributed by atoms with Crippen LogP contribution in [0, 0.1) is 10.1 Å². The third-order valence-electron chi connectivity index (χ3n) is 3.28. The molecule has 2 aromatic rings. The topological polar surface area (TPSA) is 84.3 Å². The van der Waals surface area contributed by atoms with Crippen molar-refractivity contribution in [1.29, 1.82) is 0 Å². The number of nitro benzene ring substituents is 1. The number of hydrogen-bond donors (Lipinski definition) is 2. The van der Waals surface area contributed by atoms with Crippen molar-refractivity contribution in [2.45, 2.75) is 16.5 Å². The van der Waals surface area contributed by atoms with E-state index < -0.39 is 20.8 Å². The van der Waals surface area contributed by atoms with Crippen molar-refractivity contribution in [3.8, 4) is 0 Å². The van der Waals surface area contributed by atoms with Gasteiger partial charge in [0.1, 0.15) is 6.17 Å². The summed E-state index contributed by atoms with van der Waals surface area (Å²) in [5.74, 6) is -0.597. The maximum atomic E-state index is 12.3. The van der Waals surface area contributed by atoms with Crippen LogP contribution in [0.1, 0.15) is 15.9 Å². The van der Waals surface area contributed by atoms with Gasteiger partial charge < -0.3 is 5.32 Å². The number of alkyl halides is 3. The summed E-state index contributed by atoms with van der Waals surface area (Å²) < 4.78 is -1.81. The summed E-state index contributed by atoms with van der Waals surface area (Å²) >= 11 is 17.8. The highest BCUT2D eigenvalue weighted by molar-refractivity contribution is 6.68. The molecule has 0 heterocycles. The van der Waals surface area contributed by atoms with Gasteiger partial charge in [-0.1, -0.05) is 71.2 Å². The van der Waals surface area contributed by atoms with Crippen molar-refractivity contribution in [2.24, 2.45) is 0 Å². The Morgan fingerprint density at radius 1 is 1.12 bits per heavy atom. The second kappa shape index (κ2) is 8.49. The number of amides is 1. The van der Waals surface area contributed by atoms with Gasteiger partial charge in [0.05, 0.1) is 4.92 Å². The summed E-state index contributed by atoms with van der Waals surface area (Å²) in [5.41, 5.74) is 0.830. The Hall–Kier alpha value is -1.86. The minimum atomic E-state index is -1.81. The van der Waals surface area contributed by atoms with E-state index in [-0.39, 0.29) is 11.3 Å². The zero-order valence-electron chi connectivity index (χ0n) is 12.8. The van der Waals surface area contributed by atoms with Crippen LogP contribution in [0.5, 0.6) is 0 Å². The Kier molecular flexibility index (Phi) is 6.61. The molecular weight excluding hydrogens is 389 g/mol. The van der Waals surface area contributed by atoms with Gasteiger partial charge in [0.15, 0.2) is 0 Å². The van der Waals surface area contributed by atoms with Crippen LogP contribution in [-0.2, 0) is 6.54 Å². The average molecular weight is 403 g/mol. The zero-order chi connectivity index (χ0) is 18.4. The minimum Gasteiger partial charge on any atom is -0.333 e. The molecule has 132 valence electrons. The molecule has 0 radical (unpaired) electrons. The highest BCUT2D eigenvalue weighted by Crippen LogP contribution is 2.29. The predicted octanol–water partition coefficient (Wildman–Crippen LogP) is 3.81. The van der Waals surface area contributed by atoms with Gasteiger partial charge in [0.2, 0.25) is 3.79 Å². The van der Waals surface area contributed by atoms with Crippen LogP contribution in [-0.4, -0.2) is 20.8 Å². The van der Waals surface area contributed by atoms with E-state index in [2.05, 4.69) is 10.6 Å². The Bertz CT molecular complexity index is 751. The van der Waals surface area contributed by atoms with Gasteiger partial charge >= 0.3 is 0 Å². The fraction of sp³-hybridized carbons (Fsp3) is 0.188. The number of non-ortho nitro benzene ring substituents is 1. The van der Waals surface area contributed by atoms with E-state index in [4.69, 9.17) is 34.8 Å². The molecule has 0 aliphatic carbocycles. The fourth-order valence-electron chi connectivity index (χ4n) is 2.04. The third-order valence-corrected chi connectivity index (χ3v) is 3.93. The summed E-state index contributed by atoms with van der Waals surface area (Å²) in [4.78, 5) is 22.6. The van der Waals surface area contributed by atoms with Crippen molar-refractivity contribution in [1.82, 2.24) is 10.6 Å². The van der Waals surface area contributed by atoms with Gasteiger partial charge in [-0.15, -0.1) is 0 Å². The minimum absolute atomic E-state index is 0.0926. The van der Waals surface area contributed by atoms with Gasteiger partial charge in [-0.25, -0.2) is 0 Å². The Balaban J connectivity index is 2.10. The van der Waals surface area contributed by atoms with Crippen LogP contribution in [0.15, 0.2) is 54.6 Å². The Morgan fingerprint density at radius 3 is 2.40 bits per heavy atom. The average Bonchev–Trinajstić information content (AvgIpc) is 2.58. The highest BCUT2D eigenvalue weighted by Gasteiger charge is 2.34. The van der Waals surface area contributed by atoms with E-state index in [0.717, 1.165) is 11.6 Å². The Morgan fingerprint density at radius 2 is 1.80 bits per heavy atom. The molecule has 0 bridgehead atoms. The lowest BCUT2D eigenvalue weighted by Crippen LogP contribution is -2.53. The predicted molar refractivity (Wildman–Crippen MR) is 97.9 cm³/mol. The largest absolute Gasteiger partial charge is 0.333 e. The normalized spacial score (nSPS) is 12.4. The van der Waals surface area contributed by atoms with Crippen LogP contribution in [0.2, 0.25) is 0 Å². The van der Waals surface area contributed by atoms with E-state index in [1.807, 2.05) is 30.3 Å². The molecule has 0 saturated heterocycles. The molecular formula is C16H14Cl3N3O3. The molecule has 2 rings (SSSR count). The van der Waals surface area contributed by atoms with Crippen LogP contribution in [0.3, 0.4) is 0 Å². The number of nitrogens with one attached hydrogen (secondary N) is 2. The first kappa shape index (κ1) is 19.5. The van der Waals surface area contributed by atoms with Gasteiger partial charge in [-0.2, -0.15) is 0 Å². The van der Waals surface area contributed by atoms with E-state index in [1.54, 1.807) is 0 Å². The SMILES string of the molecule is O=C(NC(NCc1ccccc1)C(Cl)(Cl)Cl)c1cccc([N+](=O)[O-])c1. The van der Waals surface area contributed by atoms with Gasteiger partial charge in [0.25, 0.3) is 11.6 Å². The van der Waals surface area contributed by atoms with Gasteiger partial charge in [-0.3, -0.25) is 20.2 Å². The molecule has 0 aliphatic heterocycles. The lowest BCUT2D eigenvalue weighted by atomic mass is 10.2. The molecule has 0 spiro atoms. The molecule has 25 heavy (non-hydrogen) atoms. The van der Waals surface area contributed by atoms with Crippen molar-refractivity contribution in [3.05, 3.63) is 75.8 Å². The number of nitro groups is 1. The summed E-state index contributed by atoms with van der Waals surface area (Å²) in [5, 5.41) is 16.3. The fourth-order valence-corrected chi connectivity index (χ4v) is 2.43. The summed E-state index contributed by atoms with van der Waals surface area (Å²) in [6.45, 7) is 0.356. The molecule has 6 nitrogen and oxygen atoms in total. The number of carbonyl (C=O) groups is 1. The summed E-state index contributed by atoms with van der Waals surface area (Å²) in [6.07, 6.45) is -0.996. The number of benzene rings is 2. The van der Waals surface area contributed by atoms with Crippen LogP contribution < -0.4 is 10.6 Å². The maximum absolute atomic E-state index is 12.3. The molecule has 1 amide bonds. The Labute approximate surface area is 159 Å². The molecule has 1 unspecified atom stereocenters. The molecule has 0 aliphatic rings. The number of nitrogens with zero attached hydrogens (tertiary/aromatic N) is 1. The van der Waals surface area contributed by atoms with Crippen LogP contribution in [0.25, 0.3) is 0 Å². The van der Waals surface area contributed by atoms with Crippen molar-refractivity contribution >= 4 is 46.4 Å². The standard InChI is InChI=1S/C16H14Cl3N3O3/c17-16(18,19)15(20-10-11-5-2-1-3-6-11)21-14(23)12-7-4-8-13(9-12)22(24)25/h1-9,15,20H,10H2,(H,21,23). The summed E-state index contributed by atoms with van der Waals surface area (Å²) in [6, 6.07) is 14.7. The van der Waals surface area contributed by atoms with E-state index in [9.17, 15) is 14.9 Å². The van der Waals surface area contributed by atoms with Crippen LogP contribution >= 0.6 is 34.8 Å².